The van der Waals surface area contributed by atoms with Crippen molar-refractivity contribution in [3.8, 4) is 17.0 Å². The maximum absolute atomic E-state index is 13.3. The van der Waals surface area contributed by atoms with Crippen molar-refractivity contribution in [1.29, 1.82) is 0 Å². The van der Waals surface area contributed by atoms with Crippen molar-refractivity contribution in [2.75, 3.05) is 0 Å². The summed E-state index contributed by atoms with van der Waals surface area (Å²) in [6.45, 7) is 1.55. The normalized spacial score (nSPS) is 11.4. The molecule has 1 heterocycles. The molecule has 0 saturated carbocycles. The largest absolute Gasteiger partial charge is 0.507 e. The van der Waals surface area contributed by atoms with Crippen LogP contribution in [-0.2, 0) is 0 Å². The molecule has 3 aromatic rings. The number of benzene rings is 2. The third kappa shape index (κ3) is 3.72. The molecule has 1 amide bonds. The number of carbonyl (C=O) groups is 1. The van der Waals surface area contributed by atoms with E-state index in [1.54, 1.807) is 13.0 Å². The zero-order valence-electron chi connectivity index (χ0n) is 13.3. The van der Waals surface area contributed by atoms with Crippen molar-refractivity contribution in [3.05, 3.63) is 71.7 Å². The highest BCUT2D eigenvalue weighted by molar-refractivity contribution is 6.02. The number of amides is 1. The highest BCUT2D eigenvalue weighted by Crippen LogP contribution is 2.19. The quantitative estimate of drug-likeness (QED) is 0.504. The third-order valence-electron chi connectivity index (χ3n) is 3.57. The lowest BCUT2D eigenvalue weighted by Gasteiger charge is -2.04. The lowest BCUT2D eigenvalue weighted by Crippen LogP contribution is -2.19. The minimum atomic E-state index is -0.505. The Morgan fingerprint density at radius 1 is 1.20 bits per heavy atom. The van der Waals surface area contributed by atoms with Gasteiger partial charge in [-0.1, -0.05) is 30.3 Å². The molecular weight excluding hydrogens is 323 g/mol. The Kier molecular flexibility index (Phi) is 4.56. The van der Waals surface area contributed by atoms with Gasteiger partial charge in [-0.3, -0.25) is 9.89 Å². The molecule has 0 aliphatic heterocycles. The van der Waals surface area contributed by atoms with Gasteiger partial charge in [-0.15, -0.1) is 0 Å². The number of nitrogens with zero attached hydrogens (tertiary/aromatic N) is 2. The van der Waals surface area contributed by atoms with Gasteiger partial charge in [0.05, 0.1) is 11.4 Å². The van der Waals surface area contributed by atoms with Gasteiger partial charge >= 0.3 is 0 Å². The number of phenolic OH excluding ortho intramolecular Hbond substituents is 1. The number of aromatic amines is 1. The standard InChI is InChI=1S/C18H15FN4O2/c1-11(14-9-13(19)7-8-17(14)24)20-23-18(25)16-10-15(21-22-16)12-5-3-2-4-6-12/h2-10,24H,1H3,(H,21,22)(H,23,25)/b20-11+. The van der Waals surface area contributed by atoms with Gasteiger partial charge in [-0.2, -0.15) is 10.2 Å². The van der Waals surface area contributed by atoms with Gasteiger partial charge in [0.25, 0.3) is 5.91 Å². The molecule has 0 atom stereocenters. The summed E-state index contributed by atoms with van der Waals surface area (Å²) in [5.74, 6) is -1.12. The minimum absolute atomic E-state index is 0.121. The lowest BCUT2D eigenvalue weighted by molar-refractivity contribution is 0.0950. The summed E-state index contributed by atoms with van der Waals surface area (Å²) >= 11 is 0. The molecule has 0 aliphatic carbocycles. The first kappa shape index (κ1) is 16.4. The van der Waals surface area contributed by atoms with Gasteiger partial charge in [-0.25, -0.2) is 9.82 Å². The van der Waals surface area contributed by atoms with Crippen molar-refractivity contribution in [1.82, 2.24) is 15.6 Å². The topological polar surface area (TPSA) is 90.4 Å². The average molecular weight is 338 g/mol. The molecule has 6 nitrogen and oxygen atoms in total. The molecule has 3 rings (SSSR count). The summed E-state index contributed by atoms with van der Waals surface area (Å²) in [7, 11) is 0. The molecule has 0 aliphatic rings. The lowest BCUT2D eigenvalue weighted by atomic mass is 10.1. The first-order valence-corrected chi connectivity index (χ1v) is 7.49. The summed E-state index contributed by atoms with van der Waals surface area (Å²) in [4.78, 5) is 12.2. The molecule has 0 saturated heterocycles. The molecule has 2 aromatic carbocycles. The third-order valence-corrected chi connectivity index (χ3v) is 3.57. The Bertz CT molecular complexity index is 935. The second-order valence-corrected chi connectivity index (χ2v) is 5.33. The van der Waals surface area contributed by atoms with E-state index in [1.165, 1.54) is 6.07 Å². The van der Waals surface area contributed by atoms with E-state index in [9.17, 15) is 14.3 Å². The van der Waals surface area contributed by atoms with Crippen LogP contribution >= 0.6 is 0 Å². The molecule has 126 valence electrons. The van der Waals surface area contributed by atoms with E-state index in [1.807, 2.05) is 30.3 Å². The number of H-pyrrole nitrogens is 1. The molecule has 0 fully saturated rings. The van der Waals surface area contributed by atoms with Gasteiger partial charge in [0.1, 0.15) is 17.3 Å². The molecule has 0 unspecified atom stereocenters. The van der Waals surface area contributed by atoms with Crippen LogP contribution in [0.2, 0.25) is 0 Å². The van der Waals surface area contributed by atoms with E-state index in [2.05, 4.69) is 20.7 Å². The van der Waals surface area contributed by atoms with E-state index >= 15 is 0 Å². The fraction of sp³-hybridized carbons (Fsp3) is 0.0556. The summed E-state index contributed by atoms with van der Waals surface area (Å²) < 4.78 is 13.3. The highest BCUT2D eigenvalue weighted by Gasteiger charge is 2.11. The van der Waals surface area contributed by atoms with Gasteiger partial charge in [-0.05, 0) is 31.2 Å². The van der Waals surface area contributed by atoms with Gasteiger partial charge in [0, 0.05) is 11.1 Å². The van der Waals surface area contributed by atoms with Crippen LogP contribution in [-0.4, -0.2) is 26.9 Å². The van der Waals surface area contributed by atoms with Crippen molar-refractivity contribution in [2.45, 2.75) is 6.92 Å². The van der Waals surface area contributed by atoms with Crippen LogP contribution in [0.15, 0.2) is 59.7 Å². The number of hydrogen-bond acceptors (Lipinski definition) is 4. The fourth-order valence-electron chi connectivity index (χ4n) is 2.25. The van der Waals surface area contributed by atoms with Crippen LogP contribution in [0.1, 0.15) is 23.0 Å². The SMILES string of the molecule is C/C(=N\NC(=O)c1cc(-c2ccccc2)n[nH]1)c1cc(F)ccc1O. The second-order valence-electron chi connectivity index (χ2n) is 5.33. The van der Waals surface area contributed by atoms with Crippen LogP contribution in [0.4, 0.5) is 4.39 Å². The number of rotatable bonds is 4. The van der Waals surface area contributed by atoms with E-state index in [0.29, 0.717) is 5.69 Å². The van der Waals surface area contributed by atoms with Crippen LogP contribution in [0.3, 0.4) is 0 Å². The first-order chi connectivity index (χ1) is 12.0. The number of aromatic nitrogens is 2. The molecule has 25 heavy (non-hydrogen) atoms. The molecule has 0 spiro atoms. The number of hydrogen-bond donors (Lipinski definition) is 3. The Hall–Kier alpha value is -3.48. The van der Waals surface area contributed by atoms with Crippen molar-refractivity contribution in [2.24, 2.45) is 5.10 Å². The number of phenols is 1. The predicted molar refractivity (Wildman–Crippen MR) is 91.8 cm³/mol. The number of nitrogens with one attached hydrogen (secondary N) is 2. The smallest absolute Gasteiger partial charge is 0.289 e. The number of halogens is 1. The zero-order valence-corrected chi connectivity index (χ0v) is 13.3. The van der Waals surface area contributed by atoms with Gasteiger partial charge in [0.2, 0.25) is 0 Å². The molecule has 0 radical (unpaired) electrons. The summed E-state index contributed by atoms with van der Waals surface area (Å²) in [5.41, 5.74) is 4.57. The number of carbonyl (C=O) groups excluding carboxylic acids is 1. The second kappa shape index (κ2) is 6.96. The maximum atomic E-state index is 13.3. The Morgan fingerprint density at radius 3 is 2.72 bits per heavy atom. The van der Waals surface area contributed by atoms with Crippen molar-refractivity contribution < 1.29 is 14.3 Å². The molecular formula is C18H15FN4O2. The van der Waals surface area contributed by atoms with Crippen LogP contribution in [0, 0.1) is 5.82 Å². The molecule has 7 heteroatoms. The monoisotopic (exact) mass is 338 g/mol. The maximum Gasteiger partial charge on any atom is 0.289 e. The summed E-state index contributed by atoms with van der Waals surface area (Å²) in [6.07, 6.45) is 0. The molecule has 0 bridgehead atoms. The van der Waals surface area contributed by atoms with Gasteiger partial charge < -0.3 is 5.11 Å². The molecule has 3 N–H and O–H groups in total. The molecule has 1 aromatic heterocycles. The van der Waals surface area contributed by atoms with E-state index < -0.39 is 11.7 Å². The van der Waals surface area contributed by atoms with E-state index in [-0.39, 0.29) is 22.7 Å². The highest BCUT2D eigenvalue weighted by atomic mass is 19.1. The van der Waals surface area contributed by atoms with Crippen molar-refractivity contribution in [3.63, 3.8) is 0 Å². The van der Waals surface area contributed by atoms with Crippen molar-refractivity contribution >= 4 is 11.6 Å². The summed E-state index contributed by atoms with van der Waals surface area (Å²) in [6, 6.07) is 14.5. The zero-order chi connectivity index (χ0) is 17.8. The van der Waals surface area contributed by atoms with E-state index in [0.717, 1.165) is 17.7 Å². The van der Waals surface area contributed by atoms with E-state index in [4.69, 9.17) is 0 Å². The Morgan fingerprint density at radius 2 is 1.96 bits per heavy atom. The Labute approximate surface area is 143 Å². The fourth-order valence-corrected chi connectivity index (χ4v) is 2.25. The first-order valence-electron chi connectivity index (χ1n) is 7.49. The number of hydrazone groups is 1. The van der Waals surface area contributed by atoms with Crippen LogP contribution < -0.4 is 5.43 Å². The average Bonchev–Trinajstić information content (AvgIpc) is 3.12. The predicted octanol–water partition coefficient (Wildman–Crippen LogP) is 3.08. The minimum Gasteiger partial charge on any atom is -0.507 e. The Balaban J connectivity index is 1.74. The summed E-state index contributed by atoms with van der Waals surface area (Å²) in [5, 5.41) is 20.4. The van der Waals surface area contributed by atoms with Gasteiger partial charge in [0.15, 0.2) is 0 Å². The number of aromatic hydroxyl groups is 1. The van der Waals surface area contributed by atoms with Crippen LogP contribution in [0.25, 0.3) is 11.3 Å². The van der Waals surface area contributed by atoms with Crippen LogP contribution in [0.5, 0.6) is 5.75 Å².